The van der Waals surface area contributed by atoms with E-state index in [1.165, 1.54) is 11.0 Å². The number of alkyl halides is 3. The first-order chi connectivity index (χ1) is 15.0. The predicted octanol–water partition coefficient (Wildman–Crippen LogP) is 4.04. The zero-order valence-corrected chi connectivity index (χ0v) is 18.0. The van der Waals surface area contributed by atoms with E-state index in [4.69, 9.17) is 0 Å². The van der Waals surface area contributed by atoms with E-state index in [-0.39, 0.29) is 23.6 Å². The maximum absolute atomic E-state index is 13.8. The maximum Gasteiger partial charge on any atom is 0.433 e. The highest BCUT2D eigenvalue weighted by Gasteiger charge is 2.36. The van der Waals surface area contributed by atoms with Crippen LogP contribution in [0.25, 0.3) is 16.9 Å². The maximum atomic E-state index is 13.8. The van der Waals surface area contributed by atoms with E-state index in [2.05, 4.69) is 15.2 Å². The number of halogens is 3. The van der Waals surface area contributed by atoms with Gasteiger partial charge in [0.2, 0.25) is 0 Å². The quantitative estimate of drug-likeness (QED) is 0.479. The Bertz CT molecular complexity index is 1320. The van der Waals surface area contributed by atoms with Gasteiger partial charge in [-0.3, -0.25) is 9.48 Å². The number of aryl methyl sites for hydroxylation is 3. The van der Waals surface area contributed by atoms with Gasteiger partial charge in [-0.1, -0.05) is 12.1 Å². The third kappa shape index (κ3) is 4.08. The molecular weight excluding hydrogens is 421 g/mol. The largest absolute Gasteiger partial charge is 0.433 e. The molecule has 32 heavy (non-hydrogen) atoms. The van der Waals surface area contributed by atoms with Crippen LogP contribution < -0.4 is 0 Å². The first kappa shape index (κ1) is 21.5. The molecule has 3 aromatic heterocycles. The lowest BCUT2D eigenvalue weighted by atomic mass is 10.0. The fraction of sp³-hybridized carbons (Fsp3) is 0.273. The minimum Gasteiger partial charge on any atom is -0.336 e. The number of benzene rings is 1. The highest BCUT2D eigenvalue weighted by molar-refractivity contribution is 5.93. The molecular formula is C22H21F3N6O. The van der Waals surface area contributed by atoms with Crippen molar-refractivity contribution in [3.8, 4) is 11.3 Å². The fourth-order valence-electron chi connectivity index (χ4n) is 3.42. The Morgan fingerprint density at radius 1 is 1.12 bits per heavy atom. The molecule has 10 heteroatoms. The summed E-state index contributed by atoms with van der Waals surface area (Å²) in [7, 11) is 3.31. The van der Waals surface area contributed by atoms with Crippen LogP contribution in [0.4, 0.5) is 13.2 Å². The predicted molar refractivity (Wildman–Crippen MR) is 112 cm³/mol. The Labute approximate surface area is 182 Å². The van der Waals surface area contributed by atoms with Crippen molar-refractivity contribution in [1.82, 2.24) is 29.3 Å². The van der Waals surface area contributed by atoms with Crippen LogP contribution in [0.2, 0.25) is 0 Å². The molecule has 0 radical (unpaired) electrons. The molecule has 0 saturated carbocycles. The van der Waals surface area contributed by atoms with E-state index in [9.17, 15) is 18.0 Å². The minimum atomic E-state index is -4.68. The normalized spacial score (nSPS) is 11.8. The molecule has 0 aliphatic carbocycles. The molecule has 0 unspecified atom stereocenters. The van der Waals surface area contributed by atoms with Crippen molar-refractivity contribution < 1.29 is 18.0 Å². The molecule has 0 N–H and O–H groups in total. The number of carbonyl (C=O) groups excluding carboxylic acids is 1. The van der Waals surface area contributed by atoms with Gasteiger partial charge in [0, 0.05) is 44.0 Å². The van der Waals surface area contributed by atoms with Gasteiger partial charge in [0.05, 0.1) is 11.9 Å². The Balaban J connectivity index is 1.76. The molecule has 0 bridgehead atoms. The van der Waals surface area contributed by atoms with E-state index in [0.717, 1.165) is 22.8 Å². The van der Waals surface area contributed by atoms with E-state index in [1.807, 2.05) is 19.9 Å². The van der Waals surface area contributed by atoms with Crippen molar-refractivity contribution in [2.45, 2.75) is 26.6 Å². The number of aromatic nitrogens is 5. The summed E-state index contributed by atoms with van der Waals surface area (Å²) in [4.78, 5) is 18.6. The van der Waals surface area contributed by atoms with Crippen LogP contribution in [-0.4, -0.2) is 42.2 Å². The second-order valence-electron chi connectivity index (χ2n) is 7.81. The summed E-state index contributed by atoms with van der Waals surface area (Å²) in [5.41, 5.74) is 2.32. The molecule has 0 aliphatic rings. The SMILES string of the molecule is Cc1ccc(-c2cc(C(F)(F)F)n3nc(C(=O)N(C)Cc4cnn(C)c4)cc3n2)cc1C. The van der Waals surface area contributed by atoms with Gasteiger partial charge in [0.1, 0.15) is 0 Å². The summed E-state index contributed by atoms with van der Waals surface area (Å²) in [5.74, 6) is -0.514. The molecule has 1 aromatic carbocycles. The number of carbonyl (C=O) groups is 1. The van der Waals surface area contributed by atoms with Crippen LogP contribution >= 0.6 is 0 Å². The lowest BCUT2D eigenvalue weighted by Gasteiger charge is -2.14. The summed E-state index contributed by atoms with van der Waals surface area (Å²) >= 11 is 0. The minimum absolute atomic E-state index is 0.0498. The molecule has 0 spiro atoms. The van der Waals surface area contributed by atoms with Crippen molar-refractivity contribution in [3.05, 3.63) is 70.8 Å². The summed E-state index contributed by atoms with van der Waals surface area (Å²) in [6, 6.07) is 7.59. The van der Waals surface area contributed by atoms with Gasteiger partial charge in [-0.2, -0.15) is 23.4 Å². The van der Waals surface area contributed by atoms with Crippen LogP contribution in [0, 0.1) is 13.8 Å². The lowest BCUT2D eigenvalue weighted by Crippen LogP contribution is -2.26. The van der Waals surface area contributed by atoms with Crippen LogP contribution in [0.1, 0.15) is 32.9 Å². The zero-order valence-electron chi connectivity index (χ0n) is 18.0. The standard InChI is InChI=1S/C22H21F3N6O/c1-13-5-6-16(7-14(13)2)17-8-19(22(23,24)25)31-20(27-17)9-18(28-31)21(32)29(3)11-15-10-26-30(4)12-15/h5-10,12H,11H2,1-4H3. The first-order valence-corrected chi connectivity index (χ1v) is 9.81. The van der Waals surface area contributed by atoms with Gasteiger partial charge in [0.15, 0.2) is 17.0 Å². The molecule has 0 atom stereocenters. The third-order valence-corrected chi connectivity index (χ3v) is 5.26. The molecule has 1 amide bonds. The van der Waals surface area contributed by atoms with Crippen molar-refractivity contribution >= 4 is 11.6 Å². The van der Waals surface area contributed by atoms with Gasteiger partial charge in [-0.25, -0.2) is 9.50 Å². The summed E-state index contributed by atoms with van der Waals surface area (Å²) in [6.07, 6.45) is -1.30. The summed E-state index contributed by atoms with van der Waals surface area (Å²) in [6.45, 7) is 4.05. The molecule has 4 aromatic rings. The molecule has 166 valence electrons. The van der Waals surface area contributed by atoms with Gasteiger partial charge in [0.25, 0.3) is 5.91 Å². The van der Waals surface area contributed by atoms with E-state index >= 15 is 0 Å². The molecule has 4 rings (SSSR count). The molecule has 0 saturated heterocycles. The summed E-state index contributed by atoms with van der Waals surface area (Å²) < 4.78 is 43.7. The topological polar surface area (TPSA) is 68.3 Å². The van der Waals surface area contributed by atoms with Crippen LogP contribution in [0.15, 0.2) is 42.7 Å². The van der Waals surface area contributed by atoms with E-state index in [0.29, 0.717) is 10.1 Å². The Morgan fingerprint density at radius 3 is 2.50 bits per heavy atom. The molecule has 0 fully saturated rings. The monoisotopic (exact) mass is 442 g/mol. The highest BCUT2D eigenvalue weighted by atomic mass is 19.4. The van der Waals surface area contributed by atoms with Crippen LogP contribution in [0.5, 0.6) is 0 Å². The number of amides is 1. The Kier molecular flexibility index (Phi) is 5.23. The Morgan fingerprint density at radius 2 is 1.88 bits per heavy atom. The fourth-order valence-corrected chi connectivity index (χ4v) is 3.42. The lowest BCUT2D eigenvalue weighted by molar-refractivity contribution is -0.142. The van der Waals surface area contributed by atoms with Crippen LogP contribution in [-0.2, 0) is 19.8 Å². The zero-order chi connectivity index (χ0) is 23.2. The molecule has 3 heterocycles. The van der Waals surface area contributed by atoms with Gasteiger partial charge in [-0.05, 0) is 37.1 Å². The second-order valence-corrected chi connectivity index (χ2v) is 7.81. The molecule has 7 nitrogen and oxygen atoms in total. The van der Waals surface area contributed by atoms with Gasteiger partial charge >= 0.3 is 6.18 Å². The van der Waals surface area contributed by atoms with Crippen molar-refractivity contribution in [3.63, 3.8) is 0 Å². The highest BCUT2D eigenvalue weighted by Crippen LogP contribution is 2.32. The number of nitrogens with zero attached hydrogens (tertiary/aromatic N) is 6. The van der Waals surface area contributed by atoms with Crippen molar-refractivity contribution in [1.29, 1.82) is 0 Å². The number of fused-ring (bicyclic) bond motifs is 1. The van der Waals surface area contributed by atoms with Gasteiger partial charge in [-0.15, -0.1) is 0 Å². The Hall–Kier alpha value is -3.69. The number of hydrogen-bond acceptors (Lipinski definition) is 4. The smallest absolute Gasteiger partial charge is 0.336 e. The van der Waals surface area contributed by atoms with E-state index in [1.54, 1.807) is 43.3 Å². The third-order valence-electron chi connectivity index (χ3n) is 5.26. The number of hydrogen-bond donors (Lipinski definition) is 0. The van der Waals surface area contributed by atoms with Crippen LogP contribution in [0.3, 0.4) is 0 Å². The van der Waals surface area contributed by atoms with Crippen molar-refractivity contribution in [2.75, 3.05) is 7.05 Å². The first-order valence-electron chi connectivity index (χ1n) is 9.81. The summed E-state index contributed by atoms with van der Waals surface area (Å²) in [5, 5.41) is 7.98. The van der Waals surface area contributed by atoms with Gasteiger partial charge < -0.3 is 4.90 Å². The van der Waals surface area contributed by atoms with Crippen molar-refractivity contribution in [2.24, 2.45) is 7.05 Å². The average molecular weight is 442 g/mol. The average Bonchev–Trinajstić information content (AvgIpc) is 3.33. The second kappa shape index (κ2) is 7.77. The van der Waals surface area contributed by atoms with E-state index < -0.39 is 17.8 Å². The number of rotatable bonds is 4. The molecule has 0 aliphatic heterocycles.